The number of hydrogen-bond donors (Lipinski definition) is 0. The van der Waals surface area contributed by atoms with Crippen LogP contribution in [0.1, 0.15) is 69.3 Å². The van der Waals surface area contributed by atoms with Crippen molar-refractivity contribution in [2.45, 2.75) is 63.7 Å². The van der Waals surface area contributed by atoms with Crippen molar-refractivity contribution in [3.8, 4) is 11.1 Å². The molecule has 0 aromatic heterocycles. The molecule has 2 aromatic carbocycles. The summed E-state index contributed by atoms with van der Waals surface area (Å²) in [5.74, 6) is 0.405. The van der Waals surface area contributed by atoms with Crippen LogP contribution in [0.25, 0.3) is 11.1 Å². The number of halogens is 3. The van der Waals surface area contributed by atoms with Gasteiger partial charge in [-0.25, -0.2) is 13.2 Å². The van der Waals surface area contributed by atoms with Crippen LogP contribution in [-0.2, 0) is 0 Å². The van der Waals surface area contributed by atoms with E-state index in [0.29, 0.717) is 5.56 Å². The second-order valence-electron chi connectivity index (χ2n) is 8.38. The fourth-order valence-electron chi connectivity index (χ4n) is 5.25. The van der Waals surface area contributed by atoms with E-state index in [9.17, 15) is 13.2 Å². The van der Waals surface area contributed by atoms with E-state index in [-0.39, 0.29) is 11.5 Å². The largest absolute Gasteiger partial charge is 0.207 e. The lowest BCUT2D eigenvalue weighted by Gasteiger charge is -2.36. The van der Waals surface area contributed by atoms with Gasteiger partial charge in [-0.1, -0.05) is 44.2 Å². The zero-order valence-electron chi connectivity index (χ0n) is 15.7. The first kappa shape index (κ1) is 18.6. The molecule has 0 atom stereocenters. The third-order valence-electron chi connectivity index (χ3n) is 6.76. The first-order valence-electron chi connectivity index (χ1n) is 10.4. The van der Waals surface area contributed by atoms with Crippen LogP contribution in [0, 0.1) is 29.3 Å². The zero-order chi connectivity index (χ0) is 18.8. The highest BCUT2D eigenvalue weighted by Gasteiger charge is 2.29. The summed E-state index contributed by atoms with van der Waals surface area (Å²) in [5, 5.41) is 0. The summed E-state index contributed by atoms with van der Waals surface area (Å²) in [7, 11) is 0. The van der Waals surface area contributed by atoms with Crippen molar-refractivity contribution in [1.82, 2.24) is 0 Å². The van der Waals surface area contributed by atoms with E-state index in [4.69, 9.17) is 0 Å². The van der Waals surface area contributed by atoms with Gasteiger partial charge in [0.2, 0.25) is 0 Å². The van der Waals surface area contributed by atoms with Crippen molar-refractivity contribution in [3.63, 3.8) is 0 Å². The second-order valence-corrected chi connectivity index (χ2v) is 8.38. The van der Waals surface area contributed by atoms with Gasteiger partial charge in [0.1, 0.15) is 17.5 Å². The van der Waals surface area contributed by atoms with Gasteiger partial charge in [0.05, 0.1) is 5.56 Å². The maximum atomic E-state index is 14.7. The van der Waals surface area contributed by atoms with Crippen LogP contribution in [0.2, 0.25) is 0 Å². The fourth-order valence-corrected chi connectivity index (χ4v) is 5.25. The van der Waals surface area contributed by atoms with Crippen LogP contribution in [0.4, 0.5) is 13.2 Å². The summed E-state index contributed by atoms with van der Waals surface area (Å²) < 4.78 is 42.5. The standard InChI is InChI=1S/C24H27F3/c25-21-12-10-19(11-13-21)24-22(26)14-20(15-23(24)27)18-8-6-17(7-9-18)16-4-2-1-3-5-16/h10-18H,1-9H2. The van der Waals surface area contributed by atoms with Gasteiger partial charge in [-0.2, -0.15) is 0 Å². The van der Waals surface area contributed by atoms with E-state index in [1.54, 1.807) is 0 Å². The van der Waals surface area contributed by atoms with Crippen LogP contribution in [-0.4, -0.2) is 0 Å². The highest BCUT2D eigenvalue weighted by atomic mass is 19.1. The van der Waals surface area contributed by atoms with E-state index >= 15 is 0 Å². The van der Waals surface area contributed by atoms with Gasteiger partial charge in [0, 0.05) is 0 Å². The Morgan fingerprint density at radius 2 is 1.19 bits per heavy atom. The Bertz CT molecular complexity index is 744. The number of benzene rings is 2. The molecule has 0 heterocycles. The van der Waals surface area contributed by atoms with Crippen molar-refractivity contribution in [3.05, 3.63) is 59.4 Å². The highest BCUT2D eigenvalue weighted by Crippen LogP contribution is 2.43. The third-order valence-corrected chi connectivity index (χ3v) is 6.76. The van der Waals surface area contributed by atoms with Gasteiger partial charge in [-0.05, 0) is 78.8 Å². The third kappa shape index (κ3) is 4.07. The molecule has 2 saturated carbocycles. The molecule has 0 N–H and O–H groups in total. The van der Waals surface area contributed by atoms with Gasteiger partial charge in [0.15, 0.2) is 0 Å². The normalized spacial score (nSPS) is 24.1. The van der Waals surface area contributed by atoms with Crippen LogP contribution < -0.4 is 0 Å². The Hall–Kier alpha value is -1.77. The summed E-state index contributed by atoms with van der Waals surface area (Å²) in [6, 6.07) is 8.29. The summed E-state index contributed by atoms with van der Waals surface area (Å²) >= 11 is 0. The van der Waals surface area contributed by atoms with Gasteiger partial charge in [-0.3, -0.25) is 0 Å². The summed E-state index contributed by atoms with van der Waals surface area (Å²) in [6.07, 6.45) is 11.3. The molecule has 0 nitrogen and oxygen atoms in total. The Labute approximate surface area is 159 Å². The highest BCUT2D eigenvalue weighted by molar-refractivity contribution is 5.65. The Kier molecular flexibility index (Phi) is 5.56. The molecular formula is C24H27F3. The molecule has 0 amide bonds. The molecule has 0 saturated heterocycles. The van der Waals surface area contributed by atoms with Crippen LogP contribution in [0.15, 0.2) is 36.4 Å². The molecular weight excluding hydrogens is 345 g/mol. The van der Waals surface area contributed by atoms with Gasteiger partial charge < -0.3 is 0 Å². The number of hydrogen-bond acceptors (Lipinski definition) is 0. The van der Waals surface area contributed by atoms with E-state index in [1.165, 1.54) is 81.3 Å². The molecule has 2 fully saturated rings. The Morgan fingerprint density at radius 3 is 1.78 bits per heavy atom. The molecule has 0 aliphatic heterocycles. The molecule has 0 bridgehead atoms. The molecule has 3 heteroatoms. The first-order chi connectivity index (χ1) is 13.1. The van der Waals surface area contributed by atoms with Gasteiger partial charge >= 0.3 is 0 Å². The van der Waals surface area contributed by atoms with Crippen molar-refractivity contribution in [2.75, 3.05) is 0 Å². The van der Waals surface area contributed by atoms with Crippen LogP contribution >= 0.6 is 0 Å². The maximum absolute atomic E-state index is 14.7. The molecule has 27 heavy (non-hydrogen) atoms. The maximum Gasteiger partial charge on any atom is 0.134 e. The lowest BCUT2D eigenvalue weighted by molar-refractivity contribution is 0.186. The molecule has 2 aliphatic rings. The Morgan fingerprint density at radius 1 is 0.630 bits per heavy atom. The molecule has 0 unspecified atom stereocenters. The van der Waals surface area contributed by atoms with E-state index in [2.05, 4.69) is 0 Å². The van der Waals surface area contributed by atoms with Crippen molar-refractivity contribution in [1.29, 1.82) is 0 Å². The number of rotatable bonds is 3. The average molecular weight is 372 g/mol. The lowest BCUT2D eigenvalue weighted by Crippen LogP contribution is -2.23. The minimum absolute atomic E-state index is 0.0605. The zero-order valence-corrected chi connectivity index (χ0v) is 15.7. The van der Waals surface area contributed by atoms with E-state index in [0.717, 1.165) is 30.2 Å². The lowest BCUT2D eigenvalue weighted by atomic mass is 9.70. The van der Waals surface area contributed by atoms with Crippen molar-refractivity contribution in [2.24, 2.45) is 11.8 Å². The monoisotopic (exact) mass is 372 g/mol. The molecule has 0 spiro atoms. The SMILES string of the molecule is Fc1ccc(-c2c(F)cc(C3CCC(C4CCCCC4)CC3)cc2F)cc1. The van der Waals surface area contributed by atoms with Gasteiger partial charge in [-0.15, -0.1) is 0 Å². The van der Waals surface area contributed by atoms with E-state index < -0.39 is 17.5 Å². The second kappa shape index (κ2) is 8.08. The summed E-state index contributed by atoms with van der Waals surface area (Å²) in [4.78, 5) is 0. The molecule has 2 aliphatic carbocycles. The van der Waals surface area contributed by atoms with Crippen molar-refractivity contribution >= 4 is 0 Å². The summed E-state index contributed by atoms with van der Waals surface area (Å²) in [6.45, 7) is 0. The minimum atomic E-state index is -0.550. The summed E-state index contributed by atoms with van der Waals surface area (Å²) in [5.41, 5.74) is 1.09. The van der Waals surface area contributed by atoms with E-state index in [1.807, 2.05) is 0 Å². The predicted octanol–water partition coefficient (Wildman–Crippen LogP) is 7.63. The van der Waals surface area contributed by atoms with Gasteiger partial charge in [0.25, 0.3) is 0 Å². The first-order valence-corrected chi connectivity index (χ1v) is 10.4. The molecule has 4 rings (SSSR count). The van der Waals surface area contributed by atoms with Crippen LogP contribution in [0.5, 0.6) is 0 Å². The quantitative estimate of drug-likeness (QED) is 0.520. The average Bonchev–Trinajstić information content (AvgIpc) is 2.70. The minimum Gasteiger partial charge on any atom is -0.207 e. The van der Waals surface area contributed by atoms with Crippen molar-refractivity contribution < 1.29 is 13.2 Å². The Balaban J connectivity index is 1.48. The topological polar surface area (TPSA) is 0 Å². The van der Waals surface area contributed by atoms with Crippen LogP contribution in [0.3, 0.4) is 0 Å². The molecule has 144 valence electrons. The molecule has 2 aromatic rings. The fraction of sp³-hybridized carbons (Fsp3) is 0.500. The smallest absolute Gasteiger partial charge is 0.134 e. The predicted molar refractivity (Wildman–Crippen MR) is 103 cm³/mol. The molecule has 0 radical (unpaired) electrons.